The molecule has 0 saturated carbocycles. The average Bonchev–Trinajstić information content (AvgIpc) is 2.32. The van der Waals surface area contributed by atoms with Crippen LogP contribution in [0.3, 0.4) is 0 Å². The lowest BCUT2D eigenvalue weighted by Gasteiger charge is -2.32. The van der Waals surface area contributed by atoms with Crippen molar-refractivity contribution < 1.29 is 9.59 Å². The molecule has 0 aromatic heterocycles. The van der Waals surface area contributed by atoms with Gasteiger partial charge >= 0.3 is 0 Å². The molecule has 0 atom stereocenters. The van der Waals surface area contributed by atoms with Crippen LogP contribution in [-0.2, 0) is 4.79 Å². The van der Waals surface area contributed by atoms with Crippen LogP contribution in [0.2, 0.25) is 5.02 Å². The standard InChI is InChI=1S/C12H14ClN3O2/c1-15-4-5-16(7-11(15)17)12(18)9-3-2-8(14)6-10(9)13/h2-3,6H,4-5,7,14H2,1H3. The minimum atomic E-state index is -0.235. The van der Waals surface area contributed by atoms with Crippen LogP contribution in [0.1, 0.15) is 10.4 Å². The van der Waals surface area contributed by atoms with Gasteiger partial charge in [0.25, 0.3) is 5.91 Å². The molecule has 1 aromatic rings. The molecule has 1 fully saturated rings. The normalized spacial score (nSPS) is 16.0. The summed E-state index contributed by atoms with van der Waals surface area (Å²) in [5.74, 6) is -0.303. The average molecular weight is 268 g/mol. The maximum atomic E-state index is 12.2. The molecule has 1 saturated heterocycles. The van der Waals surface area contributed by atoms with Crippen molar-refractivity contribution in [1.82, 2.24) is 9.80 Å². The SMILES string of the molecule is CN1CCN(C(=O)c2ccc(N)cc2Cl)CC1=O. The molecule has 96 valence electrons. The molecule has 18 heavy (non-hydrogen) atoms. The van der Waals surface area contributed by atoms with Gasteiger partial charge in [-0.05, 0) is 18.2 Å². The highest BCUT2D eigenvalue weighted by atomic mass is 35.5. The molecule has 0 bridgehead atoms. The zero-order valence-electron chi connectivity index (χ0n) is 10.0. The van der Waals surface area contributed by atoms with E-state index in [0.29, 0.717) is 29.4 Å². The Bertz CT molecular complexity index is 504. The maximum Gasteiger partial charge on any atom is 0.255 e. The lowest BCUT2D eigenvalue weighted by atomic mass is 10.1. The molecule has 0 unspecified atom stereocenters. The molecule has 1 aliphatic heterocycles. The van der Waals surface area contributed by atoms with Gasteiger partial charge in [0.15, 0.2) is 0 Å². The van der Waals surface area contributed by atoms with Crippen molar-refractivity contribution in [1.29, 1.82) is 0 Å². The van der Waals surface area contributed by atoms with Crippen LogP contribution in [0.4, 0.5) is 5.69 Å². The molecule has 1 aromatic carbocycles. The largest absolute Gasteiger partial charge is 0.399 e. The molecule has 0 aliphatic carbocycles. The maximum absolute atomic E-state index is 12.2. The van der Waals surface area contributed by atoms with Gasteiger partial charge in [-0.25, -0.2) is 0 Å². The zero-order chi connectivity index (χ0) is 13.3. The van der Waals surface area contributed by atoms with E-state index in [1.807, 2.05) is 0 Å². The monoisotopic (exact) mass is 267 g/mol. The Balaban J connectivity index is 2.19. The summed E-state index contributed by atoms with van der Waals surface area (Å²) < 4.78 is 0. The molecule has 5 nitrogen and oxygen atoms in total. The van der Waals surface area contributed by atoms with Gasteiger partial charge in [0.1, 0.15) is 6.54 Å². The molecule has 6 heteroatoms. The van der Waals surface area contributed by atoms with Gasteiger partial charge in [-0.3, -0.25) is 9.59 Å². The van der Waals surface area contributed by atoms with E-state index in [1.54, 1.807) is 24.1 Å². The number of hydrogen-bond acceptors (Lipinski definition) is 3. The van der Waals surface area contributed by atoms with Gasteiger partial charge in [-0.15, -0.1) is 0 Å². The summed E-state index contributed by atoms with van der Waals surface area (Å²) in [6.45, 7) is 1.15. The Kier molecular flexibility index (Phi) is 3.43. The van der Waals surface area contributed by atoms with E-state index >= 15 is 0 Å². The van der Waals surface area contributed by atoms with E-state index in [9.17, 15) is 9.59 Å². The predicted octanol–water partition coefficient (Wildman–Crippen LogP) is 0.836. The van der Waals surface area contributed by atoms with Gasteiger partial charge < -0.3 is 15.5 Å². The quantitative estimate of drug-likeness (QED) is 0.767. The number of amides is 2. The van der Waals surface area contributed by atoms with Crippen molar-refractivity contribution in [2.75, 3.05) is 32.4 Å². The second-order valence-electron chi connectivity index (χ2n) is 4.28. The summed E-state index contributed by atoms with van der Waals surface area (Å²) in [6.07, 6.45) is 0. The van der Waals surface area contributed by atoms with Gasteiger partial charge in [0.2, 0.25) is 5.91 Å². The van der Waals surface area contributed by atoms with Crippen molar-refractivity contribution in [3.05, 3.63) is 28.8 Å². The summed E-state index contributed by atoms with van der Waals surface area (Å²) in [5.41, 5.74) is 6.46. The van der Waals surface area contributed by atoms with Crippen molar-refractivity contribution >= 4 is 29.1 Å². The van der Waals surface area contributed by atoms with Gasteiger partial charge in [-0.2, -0.15) is 0 Å². The zero-order valence-corrected chi connectivity index (χ0v) is 10.8. The number of carbonyl (C=O) groups is 2. The lowest BCUT2D eigenvalue weighted by Crippen LogP contribution is -2.50. The van der Waals surface area contributed by atoms with E-state index in [2.05, 4.69) is 0 Å². The van der Waals surface area contributed by atoms with E-state index in [0.717, 1.165) is 0 Å². The third kappa shape index (κ3) is 2.41. The fourth-order valence-corrected chi connectivity index (χ4v) is 2.08. The molecule has 0 radical (unpaired) electrons. The summed E-state index contributed by atoms with van der Waals surface area (Å²) in [6, 6.07) is 4.74. The molecular weight excluding hydrogens is 254 g/mol. The van der Waals surface area contributed by atoms with E-state index < -0.39 is 0 Å². The Morgan fingerprint density at radius 2 is 2.11 bits per heavy atom. The molecule has 1 aliphatic rings. The first kappa shape index (κ1) is 12.7. The summed E-state index contributed by atoms with van der Waals surface area (Å²) >= 11 is 5.99. The molecule has 2 rings (SSSR count). The second-order valence-corrected chi connectivity index (χ2v) is 4.69. The van der Waals surface area contributed by atoms with Crippen molar-refractivity contribution in [2.24, 2.45) is 0 Å². The number of hydrogen-bond donors (Lipinski definition) is 1. The first-order valence-corrected chi connectivity index (χ1v) is 5.95. The summed E-state index contributed by atoms with van der Waals surface area (Å²) in [7, 11) is 1.72. The summed E-state index contributed by atoms with van der Waals surface area (Å²) in [5, 5.41) is 0.311. The van der Waals surface area contributed by atoms with Crippen molar-refractivity contribution in [3.63, 3.8) is 0 Å². The third-order valence-corrected chi connectivity index (χ3v) is 3.28. The minimum absolute atomic E-state index is 0.0684. The van der Waals surface area contributed by atoms with Crippen LogP contribution in [0.15, 0.2) is 18.2 Å². The fraction of sp³-hybridized carbons (Fsp3) is 0.333. The Morgan fingerprint density at radius 3 is 2.72 bits per heavy atom. The van der Waals surface area contributed by atoms with Crippen LogP contribution in [-0.4, -0.2) is 48.3 Å². The van der Waals surface area contributed by atoms with Crippen LogP contribution in [0, 0.1) is 0 Å². The molecular formula is C12H14ClN3O2. The molecule has 0 spiro atoms. The number of anilines is 1. The number of halogens is 1. The van der Waals surface area contributed by atoms with Crippen LogP contribution < -0.4 is 5.73 Å². The van der Waals surface area contributed by atoms with Crippen LogP contribution in [0.5, 0.6) is 0 Å². The third-order valence-electron chi connectivity index (χ3n) is 2.97. The van der Waals surface area contributed by atoms with Crippen LogP contribution in [0.25, 0.3) is 0 Å². The predicted molar refractivity (Wildman–Crippen MR) is 69.4 cm³/mol. The number of nitrogen functional groups attached to an aromatic ring is 1. The highest BCUT2D eigenvalue weighted by Gasteiger charge is 2.26. The molecule has 2 amide bonds. The molecule has 1 heterocycles. The number of carbonyl (C=O) groups excluding carboxylic acids is 2. The van der Waals surface area contributed by atoms with Crippen LogP contribution >= 0.6 is 11.6 Å². The Hall–Kier alpha value is -1.75. The van der Waals surface area contributed by atoms with E-state index in [4.69, 9.17) is 17.3 Å². The molecule has 2 N–H and O–H groups in total. The van der Waals surface area contributed by atoms with E-state index in [1.165, 1.54) is 11.0 Å². The highest BCUT2D eigenvalue weighted by Crippen LogP contribution is 2.21. The summed E-state index contributed by atoms with van der Waals surface area (Å²) in [4.78, 5) is 26.9. The number of nitrogens with zero attached hydrogens (tertiary/aromatic N) is 2. The number of nitrogens with two attached hydrogens (primary N) is 1. The van der Waals surface area contributed by atoms with Gasteiger partial charge in [0, 0.05) is 25.8 Å². The number of benzene rings is 1. The van der Waals surface area contributed by atoms with Gasteiger partial charge in [-0.1, -0.05) is 11.6 Å². The number of rotatable bonds is 1. The lowest BCUT2D eigenvalue weighted by molar-refractivity contribution is -0.133. The van der Waals surface area contributed by atoms with Crippen molar-refractivity contribution in [2.45, 2.75) is 0 Å². The van der Waals surface area contributed by atoms with Gasteiger partial charge in [0.05, 0.1) is 10.6 Å². The van der Waals surface area contributed by atoms with E-state index in [-0.39, 0.29) is 18.4 Å². The first-order chi connectivity index (χ1) is 8.49. The number of likely N-dealkylation sites (N-methyl/N-ethyl adjacent to an activating group) is 1. The Labute approximate surface area is 110 Å². The second kappa shape index (κ2) is 4.86. The topological polar surface area (TPSA) is 66.6 Å². The first-order valence-electron chi connectivity index (χ1n) is 5.57. The minimum Gasteiger partial charge on any atom is -0.399 e. The fourth-order valence-electron chi connectivity index (χ4n) is 1.81. The highest BCUT2D eigenvalue weighted by molar-refractivity contribution is 6.34. The smallest absolute Gasteiger partial charge is 0.255 e. The Morgan fingerprint density at radius 1 is 1.39 bits per heavy atom. The van der Waals surface area contributed by atoms with Crippen molar-refractivity contribution in [3.8, 4) is 0 Å². The number of piperazine rings is 1.